The van der Waals surface area contributed by atoms with Crippen molar-refractivity contribution in [3.05, 3.63) is 53.5 Å². The molecule has 0 radical (unpaired) electrons. The van der Waals surface area contributed by atoms with Gasteiger partial charge >= 0.3 is 0 Å². The molecule has 1 amide bonds. The fourth-order valence-corrected chi connectivity index (χ4v) is 2.43. The Morgan fingerprint density at radius 3 is 2.80 bits per heavy atom. The Labute approximate surface area is 156 Å². The Morgan fingerprint density at radius 2 is 2.12 bits per heavy atom. The number of hydrogen-bond donors (Lipinski definition) is 2. The summed E-state index contributed by atoms with van der Waals surface area (Å²) < 4.78 is 20.2. The highest BCUT2D eigenvalue weighted by Gasteiger charge is 2.11. The number of furan rings is 1. The van der Waals surface area contributed by atoms with Gasteiger partial charge in [-0.1, -0.05) is 0 Å². The maximum absolute atomic E-state index is 13.3. The minimum Gasteiger partial charge on any atom is -0.467 e. The van der Waals surface area contributed by atoms with Crippen molar-refractivity contribution in [1.82, 2.24) is 14.9 Å². The summed E-state index contributed by atoms with van der Waals surface area (Å²) in [6.45, 7) is 0.672. The number of carbonyl (C=O) groups excluding carboxylic acids is 1. The van der Waals surface area contributed by atoms with Gasteiger partial charge in [-0.05, 0) is 24.3 Å². The third-order valence-corrected chi connectivity index (χ3v) is 3.69. The van der Waals surface area contributed by atoms with Crippen LogP contribution in [0.5, 0.6) is 0 Å². The first-order chi connectivity index (χ1) is 11.1. The molecule has 3 rings (SSSR count). The lowest BCUT2D eigenvalue weighted by atomic mass is 10.3. The van der Waals surface area contributed by atoms with Crippen molar-refractivity contribution >= 4 is 41.8 Å². The van der Waals surface area contributed by atoms with Crippen LogP contribution in [0.15, 0.2) is 34.9 Å². The normalized spacial score (nSPS) is 10.2. The summed E-state index contributed by atoms with van der Waals surface area (Å²) in [7, 11) is 1.83. The van der Waals surface area contributed by atoms with Crippen LogP contribution >= 0.6 is 24.8 Å². The molecule has 3 aromatic rings. The number of rotatable bonds is 5. The van der Waals surface area contributed by atoms with Gasteiger partial charge in [0.2, 0.25) is 0 Å². The highest BCUT2D eigenvalue weighted by atomic mass is 35.5. The molecule has 0 spiro atoms. The molecule has 0 unspecified atom stereocenters. The van der Waals surface area contributed by atoms with Crippen LogP contribution < -0.4 is 11.1 Å². The predicted octanol–water partition coefficient (Wildman–Crippen LogP) is 2.58. The maximum Gasteiger partial charge on any atom is 0.254 e. The van der Waals surface area contributed by atoms with E-state index < -0.39 is 0 Å². The number of carbonyl (C=O) groups is 1. The van der Waals surface area contributed by atoms with Gasteiger partial charge in [0.15, 0.2) is 0 Å². The summed E-state index contributed by atoms with van der Waals surface area (Å²) in [5.74, 6) is 0.822. The average Bonchev–Trinajstić information content (AvgIpc) is 3.14. The van der Waals surface area contributed by atoms with Crippen molar-refractivity contribution in [1.29, 1.82) is 0 Å². The number of aromatic nitrogens is 2. The number of nitrogens with one attached hydrogen (secondary N) is 1. The van der Waals surface area contributed by atoms with Gasteiger partial charge in [-0.15, -0.1) is 24.8 Å². The molecular weight excluding hydrogens is 370 g/mol. The van der Waals surface area contributed by atoms with E-state index in [0.717, 1.165) is 16.9 Å². The van der Waals surface area contributed by atoms with E-state index in [9.17, 15) is 9.18 Å². The van der Waals surface area contributed by atoms with E-state index in [4.69, 9.17) is 10.2 Å². The molecule has 6 nitrogen and oxygen atoms in total. The number of fused-ring (bicyclic) bond motifs is 1. The molecule has 0 bridgehead atoms. The minimum atomic E-state index is -0.295. The highest BCUT2D eigenvalue weighted by Crippen LogP contribution is 2.16. The Kier molecular flexibility index (Phi) is 7.41. The first-order valence-electron chi connectivity index (χ1n) is 7.25. The summed E-state index contributed by atoms with van der Waals surface area (Å²) in [5, 5.41) is 2.80. The number of hydrogen-bond acceptors (Lipinski definition) is 4. The summed E-state index contributed by atoms with van der Waals surface area (Å²) >= 11 is 0. The molecule has 0 fully saturated rings. The molecule has 9 heteroatoms. The molecule has 0 atom stereocenters. The molecule has 1 aromatic carbocycles. The lowest BCUT2D eigenvalue weighted by Crippen LogP contribution is -2.26. The van der Waals surface area contributed by atoms with E-state index in [2.05, 4.69) is 10.3 Å². The number of amides is 1. The molecule has 0 aliphatic rings. The Morgan fingerprint density at radius 1 is 1.36 bits per heavy atom. The lowest BCUT2D eigenvalue weighted by molar-refractivity contribution is 0.0953. The smallest absolute Gasteiger partial charge is 0.254 e. The second kappa shape index (κ2) is 8.84. The molecule has 3 N–H and O–H groups in total. The monoisotopic (exact) mass is 388 g/mol. The van der Waals surface area contributed by atoms with Crippen LogP contribution in [0.4, 0.5) is 4.39 Å². The molecule has 0 aliphatic heterocycles. The number of nitrogens with two attached hydrogens (primary N) is 1. The predicted molar refractivity (Wildman–Crippen MR) is 97.8 cm³/mol. The van der Waals surface area contributed by atoms with E-state index >= 15 is 0 Å². The van der Waals surface area contributed by atoms with Gasteiger partial charge in [-0.2, -0.15) is 0 Å². The van der Waals surface area contributed by atoms with Gasteiger partial charge in [-0.25, -0.2) is 9.37 Å². The van der Waals surface area contributed by atoms with Gasteiger partial charge in [0.25, 0.3) is 5.91 Å². The summed E-state index contributed by atoms with van der Waals surface area (Å²) in [4.78, 5) is 16.4. The number of imidazole rings is 1. The third-order valence-electron chi connectivity index (χ3n) is 3.69. The zero-order chi connectivity index (χ0) is 16.4. The largest absolute Gasteiger partial charge is 0.467 e. The second-order valence-corrected chi connectivity index (χ2v) is 5.23. The van der Waals surface area contributed by atoms with Crippen molar-refractivity contribution in [2.24, 2.45) is 12.8 Å². The SMILES string of the molecule is Cl.Cl.Cn1c(CCNC(=O)c2coc(CN)c2)nc2ccc(F)cc21. The first-order valence-corrected chi connectivity index (χ1v) is 7.25. The fourth-order valence-electron chi connectivity index (χ4n) is 2.43. The third kappa shape index (κ3) is 4.50. The van der Waals surface area contributed by atoms with Crippen LogP contribution in [-0.4, -0.2) is 22.0 Å². The van der Waals surface area contributed by atoms with Gasteiger partial charge < -0.3 is 20.0 Å². The van der Waals surface area contributed by atoms with Gasteiger partial charge in [0, 0.05) is 20.0 Å². The van der Waals surface area contributed by atoms with Gasteiger partial charge in [0.1, 0.15) is 23.7 Å². The van der Waals surface area contributed by atoms with Crippen LogP contribution in [-0.2, 0) is 20.0 Å². The maximum atomic E-state index is 13.3. The molecule has 2 aromatic heterocycles. The topological polar surface area (TPSA) is 86.1 Å². The Balaban J connectivity index is 0.00000156. The van der Waals surface area contributed by atoms with Crippen molar-refractivity contribution in [2.45, 2.75) is 13.0 Å². The Hall–Kier alpha value is -2.09. The van der Waals surface area contributed by atoms with E-state index in [-0.39, 0.29) is 43.1 Å². The van der Waals surface area contributed by atoms with Crippen LogP contribution in [0.1, 0.15) is 21.9 Å². The second-order valence-electron chi connectivity index (χ2n) is 5.23. The number of benzene rings is 1. The fraction of sp³-hybridized carbons (Fsp3) is 0.250. The van der Waals surface area contributed by atoms with Crippen LogP contribution in [0, 0.1) is 5.82 Å². The van der Waals surface area contributed by atoms with Crippen molar-refractivity contribution in [3.63, 3.8) is 0 Å². The summed E-state index contributed by atoms with van der Waals surface area (Å²) in [6, 6.07) is 6.10. The zero-order valence-electron chi connectivity index (χ0n) is 13.5. The van der Waals surface area contributed by atoms with E-state index in [0.29, 0.717) is 24.3 Å². The van der Waals surface area contributed by atoms with Crippen LogP contribution in [0.3, 0.4) is 0 Å². The van der Waals surface area contributed by atoms with Crippen molar-refractivity contribution < 1.29 is 13.6 Å². The molecule has 25 heavy (non-hydrogen) atoms. The minimum absolute atomic E-state index is 0. The molecule has 136 valence electrons. The zero-order valence-corrected chi connectivity index (χ0v) is 15.1. The molecule has 0 aliphatic carbocycles. The lowest BCUT2D eigenvalue weighted by Gasteiger charge is -2.04. The summed E-state index contributed by atoms with van der Waals surface area (Å²) in [5.41, 5.74) is 7.35. The number of nitrogens with zero attached hydrogens (tertiary/aromatic N) is 2. The van der Waals surface area contributed by atoms with E-state index in [1.54, 1.807) is 12.1 Å². The van der Waals surface area contributed by atoms with E-state index in [1.807, 2.05) is 11.6 Å². The molecule has 2 heterocycles. The first kappa shape index (κ1) is 21.0. The molecule has 0 saturated heterocycles. The quantitative estimate of drug-likeness (QED) is 0.703. The number of aryl methyl sites for hydroxylation is 1. The van der Waals surface area contributed by atoms with Crippen LogP contribution in [0.2, 0.25) is 0 Å². The highest BCUT2D eigenvalue weighted by molar-refractivity contribution is 5.93. The molecule has 0 saturated carbocycles. The summed E-state index contributed by atoms with van der Waals surface area (Å²) in [6.07, 6.45) is 1.93. The van der Waals surface area contributed by atoms with Crippen molar-refractivity contribution in [2.75, 3.05) is 6.54 Å². The van der Waals surface area contributed by atoms with Gasteiger partial charge in [-0.3, -0.25) is 4.79 Å². The van der Waals surface area contributed by atoms with Gasteiger partial charge in [0.05, 0.1) is 23.1 Å². The number of halogens is 3. The Bertz CT molecular complexity index is 863. The molecular formula is C16H19Cl2FN4O2. The van der Waals surface area contributed by atoms with Crippen LogP contribution in [0.25, 0.3) is 11.0 Å². The standard InChI is InChI=1S/C16H17FN4O2.2ClH/c1-21-14-7-11(17)2-3-13(14)20-15(21)4-5-19-16(22)10-6-12(8-18)23-9-10;;/h2-3,6-7,9H,4-5,8,18H2,1H3,(H,19,22);2*1H. The van der Waals surface area contributed by atoms with E-state index in [1.165, 1.54) is 18.4 Å². The average molecular weight is 389 g/mol. The van der Waals surface area contributed by atoms with Crippen molar-refractivity contribution in [3.8, 4) is 0 Å².